The molecule has 0 saturated heterocycles. The van der Waals surface area contributed by atoms with Crippen LogP contribution < -0.4 is 16.8 Å². The average Bonchev–Trinajstić information content (AvgIpc) is 3.20. The van der Waals surface area contributed by atoms with Gasteiger partial charge in [-0.1, -0.05) is 12.8 Å². The predicted molar refractivity (Wildman–Crippen MR) is 93.2 cm³/mol. The molecule has 1 aromatic rings. The zero-order valence-corrected chi connectivity index (χ0v) is 14.9. The summed E-state index contributed by atoms with van der Waals surface area (Å²) in [4.78, 5) is 37.6. The lowest BCUT2D eigenvalue weighted by Gasteiger charge is -2.22. The van der Waals surface area contributed by atoms with Gasteiger partial charge in [0.2, 0.25) is 5.91 Å². The molecule has 2 rings (SSSR count). The number of nitrogens with zero attached hydrogens (tertiary/aromatic N) is 2. The largest absolute Gasteiger partial charge is 0.395 e. The van der Waals surface area contributed by atoms with E-state index in [4.69, 9.17) is 16.2 Å². The number of carbonyl (C=O) groups excluding carboxylic acids is 3. The van der Waals surface area contributed by atoms with Crippen molar-refractivity contribution in [2.75, 3.05) is 32.5 Å². The second kappa shape index (κ2) is 8.77. The molecule has 0 spiro atoms. The van der Waals surface area contributed by atoms with Gasteiger partial charge in [-0.05, 0) is 24.4 Å². The molecule has 1 saturated carbocycles. The van der Waals surface area contributed by atoms with E-state index in [0.717, 1.165) is 37.2 Å². The molecule has 0 unspecified atom stereocenters. The zero-order valence-electron chi connectivity index (χ0n) is 14.1. The Kier molecular flexibility index (Phi) is 6.71. The van der Waals surface area contributed by atoms with E-state index in [9.17, 15) is 14.4 Å². The van der Waals surface area contributed by atoms with E-state index in [1.165, 1.54) is 12.0 Å². The van der Waals surface area contributed by atoms with Crippen molar-refractivity contribution >= 4 is 34.9 Å². The van der Waals surface area contributed by atoms with Crippen molar-refractivity contribution in [3.05, 3.63) is 10.6 Å². The molecule has 1 fully saturated rings. The number of anilines is 1. The second-order valence-corrected chi connectivity index (χ2v) is 6.68. The molecule has 0 radical (unpaired) electrons. The highest BCUT2D eigenvalue weighted by molar-refractivity contribution is 7.09. The number of ether oxygens (including phenoxy) is 1. The molecule has 1 aliphatic carbocycles. The molecular weight excluding hydrogens is 346 g/mol. The van der Waals surface area contributed by atoms with Crippen molar-refractivity contribution in [3.8, 4) is 0 Å². The van der Waals surface area contributed by atoms with Crippen LogP contribution in [0.2, 0.25) is 0 Å². The first-order valence-electron chi connectivity index (χ1n) is 8.06. The Bertz CT molecular complexity index is 642. The van der Waals surface area contributed by atoms with Crippen LogP contribution in [0.25, 0.3) is 0 Å². The van der Waals surface area contributed by atoms with Gasteiger partial charge in [0.15, 0.2) is 5.69 Å². The van der Waals surface area contributed by atoms with Crippen molar-refractivity contribution in [2.24, 2.45) is 5.73 Å². The topological polar surface area (TPSA) is 141 Å². The molecule has 1 heterocycles. The Morgan fingerprint density at radius 1 is 1.36 bits per heavy atom. The van der Waals surface area contributed by atoms with Crippen LogP contribution in [0.3, 0.4) is 0 Å². The SMILES string of the molecule is COCCN(CC(=O)NC1CCCC1)C(=O)c1snc(C(N)=O)c1N. The van der Waals surface area contributed by atoms with E-state index < -0.39 is 11.8 Å². The number of amides is 3. The quantitative estimate of drug-likeness (QED) is 0.588. The molecule has 0 aliphatic heterocycles. The van der Waals surface area contributed by atoms with E-state index in [0.29, 0.717) is 0 Å². The van der Waals surface area contributed by atoms with E-state index in [2.05, 4.69) is 9.69 Å². The molecule has 25 heavy (non-hydrogen) atoms. The van der Waals surface area contributed by atoms with Gasteiger partial charge in [0, 0.05) is 19.7 Å². The minimum absolute atomic E-state index is 0.0545. The summed E-state index contributed by atoms with van der Waals surface area (Å²) in [6.45, 7) is 0.377. The summed E-state index contributed by atoms with van der Waals surface area (Å²) in [5.74, 6) is -1.49. The van der Waals surface area contributed by atoms with Crippen LogP contribution >= 0.6 is 11.5 Å². The van der Waals surface area contributed by atoms with Crippen LogP contribution in [0, 0.1) is 0 Å². The van der Waals surface area contributed by atoms with Gasteiger partial charge in [-0.3, -0.25) is 14.4 Å². The number of nitrogen functional groups attached to an aromatic ring is 1. The van der Waals surface area contributed by atoms with Crippen LogP contribution in [0.4, 0.5) is 5.69 Å². The Hall–Kier alpha value is -2.20. The first-order valence-corrected chi connectivity index (χ1v) is 8.84. The van der Waals surface area contributed by atoms with Crippen molar-refractivity contribution in [3.63, 3.8) is 0 Å². The fourth-order valence-electron chi connectivity index (χ4n) is 2.74. The van der Waals surface area contributed by atoms with Gasteiger partial charge in [-0.2, -0.15) is 4.37 Å². The number of aromatic nitrogens is 1. The van der Waals surface area contributed by atoms with Crippen molar-refractivity contribution < 1.29 is 19.1 Å². The fraction of sp³-hybridized carbons (Fsp3) is 0.600. The highest BCUT2D eigenvalue weighted by atomic mass is 32.1. The van der Waals surface area contributed by atoms with Gasteiger partial charge in [0.25, 0.3) is 11.8 Å². The smallest absolute Gasteiger partial charge is 0.270 e. The van der Waals surface area contributed by atoms with Gasteiger partial charge in [0.05, 0.1) is 18.8 Å². The minimum atomic E-state index is -0.796. The van der Waals surface area contributed by atoms with Gasteiger partial charge in [-0.25, -0.2) is 0 Å². The van der Waals surface area contributed by atoms with Crippen LogP contribution in [-0.4, -0.2) is 59.8 Å². The summed E-state index contributed by atoms with van der Waals surface area (Å²) in [6, 6.07) is 0.168. The fourth-order valence-corrected chi connectivity index (χ4v) is 3.52. The lowest BCUT2D eigenvalue weighted by molar-refractivity contribution is -0.122. The number of rotatable bonds is 8. The monoisotopic (exact) mass is 369 g/mol. The Morgan fingerprint density at radius 3 is 2.60 bits per heavy atom. The molecule has 0 bridgehead atoms. The van der Waals surface area contributed by atoms with Crippen LogP contribution in [0.5, 0.6) is 0 Å². The van der Waals surface area contributed by atoms with Gasteiger partial charge >= 0.3 is 0 Å². The second-order valence-electron chi connectivity index (χ2n) is 5.91. The van der Waals surface area contributed by atoms with E-state index >= 15 is 0 Å². The van der Waals surface area contributed by atoms with Crippen LogP contribution in [0.1, 0.15) is 45.8 Å². The Labute approximate surface area is 149 Å². The van der Waals surface area contributed by atoms with Crippen molar-refractivity contribution in [1.29, 1.82) is 0 Å². The molecule has 3 amide bonds. The lowest BCUT2D eigenvalue weighted by atomic mass is 10.2. The van der Waals surface area contributed by atoms with Crippen molar-refractivity contribution in [2.45, 2.75) is 31.7 Å². The third-order valence-electron chi connectivity index (χ3n) is 4.06. The Morgan fingerprint density at radius 2 is 2.04 bits per heavy atom. The molecule has 9 nitrogen and oxygen atoms in total. The highest BCUT2D eigenvalue weighted by Crippen LogP contribution is 2.23. The number of primary amides is 1. The number of hydrogen-bond acceptors (Lipinski definition) is 7. The predicted octanol–water partition coefficient (Wildman–Crippen LogP) is -0.0284. The maximum Gasteiger partial charge on any atom is 0.270 e. The molecule has 138 valence electrons. The number of hydrogen-bond donors (Lipinski definition) is 3. The third kappa shape index (κ3) is 4.89. The van der Waals surface area contributed by atoms with Gasteiger partial charge < -0.3 is 26.4 Å². The third-order valence-corrected chi connectivity index (χ3v) is 4.91. The zero-order chi connectivity index (χ0) is 18.4. The maximum absolute atomic E-state index is 12.7. The van der Waals surface area contributed by atoms with E-state index in [-0.39, 0.29) is 47.9 Å². The molecule has 1 aromatic heterocycles. The highest BCUT2D eigenvalue weighted by Gasteiger charge is 2.27. The van der Waals surface area contributed by atoms with Gasteiger partial charge in [0.1, 0.15) is 4.88 Å². The first kappa shape index (κ1) is 19.1. The van der Waals surface area contributed by atoms with Crippen LogP contribution in [0.15, 0.2) is 0 Å². The minimum Gasteiger partial charge on any atom is -0.395 e. The first-order chi connectivity index (χ1) is 11.9. The molecule has 0 aromatic carbocycles. The maximum atomic E-state index is 12.7. The van der Waals surface area contributed by atoms with Gasteiger partial charge in [-0.15, -0.1) is 0 Å². The molecular formula is C15H23N5O4S. The number of methoxy groups -OCH3 is 1. The Balaban J connectivity index is 2.08. The lowest BCUT2D eigenvalue weighted by Crippen LogP contribution is -2.44. The summed E-state index contributed by atoms with van der Waals surface area (Å²) in [5, 5.41) is 2.94. The number of nitrogens with one attached hydrogen (secondary N) is 1. The molecule has 0 atom stereocenters. The van der Waals surface area contributed by atoms with Crippen molar-refractivity contribution in [1.82, 2.24) is 14.6 Å². The summed E-state index contributed by atoms with van der Waals surface area (Å²) >= 11 is 0.795. The summed E-state index contributed by atoms with van der Waals surface area (Å²) in [5.41, 5.74) is 10.8. The number of nitrogens with two attached hydrogens (primary N) is 2. The number of carbonyl (C=O) groups is 3. The molecule has 10 heteroatoms. The van der Waals surface area contributed by atoms with E-state index in [1.54, 1.807) is 0 Å². The standard InChI is InChI=1S/C15H23N5O4S/c1-24-7-6-20(8-10(21)18-9-4-2-3-5-9)15(23)13-11(16)12(14(17)22)19-25-13/h9H,2-8,16H2,1H3,(H2,17,22)(H,18,21). The van der Waals surface area contributed by atoms with E-state index in [1.807, 2.05) is 0 Å². The summed E-state index contributed by atoms with van der Waals surface area (Å²) in [7, 11) is 1.51. The average molecular weight is 369 g/mol. The molecule has 1 aliphatic rings. The molecule has 5 N–H and O–H groups in total. The van der Waals surface area contributed by atoms with Crippen LogP contribution in [-0.2, 0) is 9.53 Å². The normalized spacial score (nSPS) is 14.4. The summed E-state index contributed by atoms with van der Waals surface area (Å²) < 4.78 is 8.83. The summed E-state index contributed by atoms with van der Waals surface area (Å²) in [6.07, 6.45) is 4.12.